The minimum Gasteiger partial charge on any atom is -0.480 e. The lowest BCUT2D eigenvalue weighted by atomic mass is 10.1. The van der Waals surface area contributed by atoms with E-state index in [1.165, 1.54) is 0 Å². The monoisotopic (exact) mass is 248 g/mol. The van der Waals surface area contributed by atoms with E-state index in [0.29, 0.717) is 19.4 Å². The molecular formula is C10H20N2O5. The Morgan fingerprint density at radius 3 is 2.24 bits per heavy atom. The number of rotatable bonds is 11. The topological polar surface area (TPSA) is 119 Å². The molecular weight excluding hydrogens is 228 g/mol. The first kappa shape index (κ1) is 15.8. The third kappa shape index (κ3) is 11.1. The van der Waals surface area contributed by atoms with Crippen LogP contribution in [-0.2, 0) is 9.59 Å². The summed E-state index contributed by atoms with van der Waals surface area (Å²) in [5, 5.41) is 31.2. The van der Waals surface area contributed by atoms with Crippen molar-refractivity contribution in [3.63, 3.8) is 0 Å². The molecule has 1 unspecified atom stereocenters. The van der Waals surface area contributed by atoms with E-state index < -0.39 is 11.9 Å². The number of aliphatic carboxylic acids is 2. The average molecular weight is 248 g/mol. The minimum atomic E-state index is -0.933. The molecule has 17 heavy (non-hydrogen) atoms. The van der Waals surface area contributed by atoms with Crippen LogP contribution in [0.1, 0.15) is 19.3 Å². The van der Waals surface area contributed by atoms with E-state index in [-0.39, 0.29) is 25.7 Å². The van der Waals surface area contributed by atoms with E-state index in [9.17, 15) is 9.59 Å². The fourth-order valence-electron chi connectivity index (χ4n) is 1.40. The summed E-state index contributed by atoms with van der Waals surface area (Å²) in [6.07, 6.45) is 1.91. The van der Waals surface area contributed by atoms with E-state index in [1.807, 2.05) is 0 Å². The molecule has 7 nitrogen and oxygen atoms in total. The normalized spacial score (nSPS) is 12.3. The van der Waals surface area contributed by atoms with Crippen molar-refractivity contribution >= 4 is 11.9 Å². The first-order valence-corrected chi connectivity index (χ1v) is 5.54. The molecule has 0 aliphatic heterocycles. The molecule has 0 aliphatic carbocycles. The second-order valence-corrected chi connectivity index (χ2v) is 3.70. The van der Waals surface area contributed by atoms with Crippen LogP contribution in [0.5, 0.6) is 0 Å². The maximum absolute atomic E-state index is 10.4. The summed E-state index contributed by atoms with van der Waals surface area (Å²) in [4.78, 5) is 20.6. The van der Waals surface area contributed by atoms with Crippen LogP contribution < -0.4 is 10.6 Å². The summed E-state index contributed by atoms with van der Waals surface area (Å²) in [6, 6.07) is -0.0530. The summed E-state index contributed by atoms with van der Waals surface area (Å²) in [7, 11) is 0. The number of aliphatic hydroxyl groups is 1. The van der Waals surface area contributed by atoms with Crippen molar-refractivity contribution < 1.29 is 24.9 Å². The predicted octanol–water partition coefficient (Wildman–Crippen LogP) is -1.13. The van der Waals surface area contributed by atoms with Gasteiger partial charge in [0.05, 0.1) is 13.1 Å². The maximum atomic E-state index is 10.4. The van der Waals surface area contributed by atoms with Crippen LogP contribution >= 0.6 is 0 Å². The van der Waals surface area contributed by atoms with E-state index in [1.54, 1.807) is 0 Å². The van der Waals surface area contributed by atoms with Crippen molar-refractivity contribution in [2.45, 2.75) is 25.3 Å². The fraction of sp³-hybridized carbons (Fsp3) is 0.800. The first-order chi connectivity index (χ1) is 8.06. The van der Waals surface area contributed by atoms with Gasteiger partial charge in [-0.25, -0.2) is 0 Å². The van der Waals surface area contributed by atoms with Gasteiger partial charge in [0.25, 0.3) is 0 Å². The third-order valence-corrected chi connectivity index (χ3v) is 2.20. The van der Waals surface area contributed by atoms with Gasteiger partial charge in [-0.2, -0.15) is 0 Å². The molecule has 0 aromatic carbocycles. The Kier molecular flexibility index (Phi) is 9.31. The highest BCUT2D eigenvalue weighted by Crippen LogP contribution is 2.00. The summed E-state index contributed by atoms with van der Waals surface area (Å²) >= 11 is 0. The van der Waals surface area contributed by atoms with Crippen molar-refractivity contribution in [2.24, 2.45) is 0 Å². The second kappa shape index (κ2) is 10.0. The SMILES string of the molecule is O=C(O)CNCCCC(CCO)NCC(=O)O. The molecule has 5 N–H and O–H groups in total. The smallest absolute Gasteiger partial charge is 0.317 e. The number of aliphatic hydroxyl groups excluding tert-OH is 1. The molecule has 0 spiro atoms. The molecule has 0 radical (unpaired) electrons. The molecule has 1 atom stereocenters. The van der Waals surface area contributed by atoms with Gasteiger partial charge >= 0.3 is 11.9 Å². The standard InChI is InChI=1S/C10H20N2O5/c13-5-3-8(12-7-10(16)17)2-1-4-11-6-9(14)15/h8,11-13H,1-7H2,(H,14,15)(H,16,17). The third-order valence-electron chi connectivity index (χ3n) is 2.20. The van der Waals surface area contributed by atoms with Crippen LogP contribution in [0.4, 0.5) is 0 Å². The van der Waals surface area contributed by atoms with E-state index in [0.717, 1.165) is 6.42 Å². The van der Waals surface area contributed by atoms with Crippen molar-refractivity contribution in [3.8, 4) is 0 Å². The summed E-state index contributed by atoms with van der Waals surface area (Å²) in [5.41, 5.74) is 0. The van der Waals surface area contributed by atoms with E-state index in [4.69, 9.17) is 15.3 Å². The van der Waals surface area contributed by atoms with Gasteiger partial charge in [-0.3, -0.25) is 9.59 Å². The molecule has 0 amide bonds. The van der Waals surface area contributed by atoms with Gasteiger partial charge in [-0.1, -0.05) is 0 Å². The Labute approximate surface area is 99.8 Å². The van der Waals surface area contributed by atoms with E-state index in [2.05, 4.69) is 10.6 Å². The molecule has 0 bridgehead atoms. The van der Waals surface area contributed by atoms with Gasteiger partial charge in [0, 0.05) is 12.6 Å². The molecule has 0 rings (SSSR count). The second-order valence-electron chi connectivity index (χ2n) is 3.70. The first-order valence-electron chi connectivity index (χ1n) is 5.54. The van der Waals surface area contributed by atoms with Gasteiger partial charge in [0.15, 0.2) is 0 Å². The van der Waals surface area contributed by atoms with Crippen molar-refractivity contribution in [1.29, 1.82) is 0 Å². The zero-order chi connectivity index (χ0) is 13.1. The number of carboxylic acid groups (broad SMARTS) is 2. The largest absolute Gasteiger partial charge is 0.480 e. The van der Waals surface area contributed by atoms with Crippen LogP contribution in [-0.4, -0.2) is 59.5 Å². The Hall–Kier alpha value is -1.18. The molecule has 0 heterocycles. The number of carboxylic acids is 2. The molecule has 100 valence electrons. The number of hydrogen-bond donors (Lipinski definition) is 5. The Bertz CT molecular complexity index is 235. The van der Waals surface area contributed by atoms with Gasteiger partial charge < -0.3 is 26.0 Å². The lowest BCUT2D eigenvalue weighted by Gasteiger charge is -2.16. The minimum absolute atomic E-state index is 0.000159. The Balaban J connectivity index is 3.61. The van der Waals surface area contributed by atoms with E-state index >= 15 is 0 Å². The molecule has 0 fully saturated rings. The lowest BCUT2D eigenvalue weighted by molar-refractivity contribution is -0.137. The molecule has 0 aliphatic rings. The van der Waals surface area contributed by atoms with Gasteiger partial charge in [-0.15, -0.1) is 0 Å². The quantitative estimate of drug-likeness (QED) is 0.293. The highest BCUT2D eigenvalue weighted by molar-refractivity contribution is 5.69. The highest BCUT2D eigenvalue weighted by atomic mass is 16.4. The number of carbonyl (C=O) groups is 2. The van der Waals surface area contributed by atoms with Crippen molar-refractivity contribution in [2.75, 3.05) is 26.2 Å². The Morgan fingerprint density at radius 2 is 1.71 bits per heavy atom. The molecule has 0 saturated heterocycles. The Morgan fingerprint density at radius 1 is 1.06 bits per heavy atom. The van der Waals surface area contributed by atoms with Crippen molar-refractivity contribution in [3.05, 3.63) is 0 Å². The average Bonchev–Trinajstić information content (AvgIpc) is 2.24. The maximum Gasteiger partial charge on any atom is 0.317 e. The van der Waals surface area contributed by atoms with Gasteiger partial charge in [0.1, 0.15) is 0 Å². The van der Waals surface area contributed by atoms with Crippen LogP contribution in [0, 0.1) is 0 Å². The van der Waals surface area contributed by atoms with Gasteiger partial charge in [-0.05, 0) is 25.8 Å². The molecule has 0 aromatic heterocycles. The van der Waals surface area contributed by atoms with Crippen LogP contribution in [0.15, 0.2) is 0 Å². The summed E-state index contributed by atoms with van der Waals surface area (Å²) in [5.74, 6) is -1.84. The van der Waals surface area contributed by atoms with Crippen LogP contribution in [0.2, 0.25) is 0 Å². The van der Waals surface area contributed by atoms with Gasteiger partial charge in [0.2, 0.25) is 0 Å². The number of nitrogens with one attached hydrogen (secondary N) is 2. The summed E-state index contributed by atoms with van der Waals surface area (Å²) in [6.45, 7) is 0.350. The summed E-state index contributed by atoms with van der Waals surface area (Å²) < 4.78 is 0. The number of hydrogen-bond acceptors (Lipinski definition) is 5. The fourth-order valence-corrected chi connectivity index (χ4v) is 1.40. The zero-order valence-corrected chi connectivity index (χ0v) is 9.69. The molecule has 7 heteroatoms. The lowest BCUT2D eigenvalue weighted by Crippen LogP contribution is -2.35. The zero-order valence-electron chi connectivity index (χ0n) is 9.69. The molecule has 0 saturated carbocycles. The highest BCUT2D eigenvalue weighted by Gasteiger charge is 2.08. The van der Waals surface area contributed by atoms with Crippen LogP contribution in [0.3, 0.4) is 0 Å². The molecule has 0 aromatic rings. The predicted molar refractivity (Wildman–Crippen MR) is 60.9 cm³/mol. The van der Waals surface area contributed by atoms with Crippen molar-refractivity contribution in [1.82, 2.24) is 10.6 Å². The van der Waals surface area contributed by atoms with Crippen LogP contribution in [0.25, 0.3) is 0 Å².